The average Bonchev–Trinajstić information content (AvgIpc) is 2.15. The molecule has 0 heterocycles. The lowest BCUT2D eigenvalue weighted by Crippen LogP contribution is -1.89. The van der Waals surface area contributed by atoms with Crippen LogP contribution >= 0.6 is 0 Å². The second-order valence-electron chi connectivity index (χ2n) is 2.09. The molecular formula is C10H20O3. The van der Waals surface area contributed by atoms with Gasteiger partial charge in [0.1, 0.15) is 0 Å². The molecule has 78 valence electrons. The van der Waals surface area contributed by atoms with Crippen molar-refractivity contribution < 1.29 is 14.6 Å². The van der Waals surface area contributed by atoms with E-state index in [1.54, 1.807) is 0 Å². The maximum Gasteiger partial charge on any atom is 0.0873 e. The highest BCUT2D eigenvalue weighted by atomic mass is 16.5. The highest BCUT2D eigenvalue weighted by Crippen LogP contribution is 1.87. The van der Waals surface area contributed by atoms with Crippen molar-refractivity contribution in [2.24, 2.45) is 0 Å². The lowest BCUT2D eigenvalue weighted by atomic mass is 10.3. The van der Waals surface area contributed by atoms with Crippen LogP contribution in [0.4, 0.5) is 0 Å². The smallest absolute Gasteiger partial charge is 0.0873 e. The van der Waals surface area contributed by atoms with Gasteiger partial charge >= 0.3 is 0 Å². The van der Waals surface area contributed by atoms with E-state index in [0.29, 0.717) is 6.61 Å². The minimum atomic E-state index is 0.250. The Labute approximate surface area is 80.7 Å². The normalized spacial score (nSPS) is 7.85. The molecule has 0 unspecified atom stereocenters. The number of hydrogen-bond donors (Lipinski definition) is 1. The first-order valence-electron chi connectivity index (χ1n) is 4.39. The summed E-state index contributed by atoms with van der Waals surface area (Å²) in [6.45, 7) is 10.3. The summed E-state index contributed by atoms with van der Waals surface area (Å²) in [5.41, 5.74) is 0. The van der Waals surface area contributed by atoms with E-state index < -0.39 is 0 Å². The van der Waals surface area contributed by atoms with E-state index in [0.717, 1.165) is 19.4 Å². The lowest BCUT2D eigenvalue weighted by molar-refractivity contribution is 0.220. The molecule has 0 aromatic heterocycles. The first-order chi connectivity index (χ1) is 6.33. The van der Waals surface area contributed by atoms with Crippen LogP contribution in [0.3, 0.4) is 0 Å². The topological polar surface area (TPSA) is 38.7 Å². The van der Waals surface area contributed by atoms with Crippen LogP contribution in [-0.4, -0.2) is 24.9 Å². The predicted molar refractivity (Wildman–Crippen MR) is 54.3 cm³/mol. The Hall–Kier alpha value is -0.960. The molecule has 3 heteroatoms. The Balaban J connectivity index is 0. The van der Waals surface area contributed by atoms with Crippen LogP contribution in [0.25, 0.3) is 0 Å². The first-order valence-corrected chi connectivity index (χ1v) is 4.39. The third-order valence-corrected chi connectivity index (χ3v) is 1.07. The van der Waals surface area contributed by atoms with E-state index in [2.05, 4.69) is 17.9 Å². The Kier molecular flexibility index (Phi) is 19.3. The molecule has 0 aliphatic heterocycles. The maximum atomic E-state index is 8.28. The van der Waals surface area contributed by atoms with Gasteiger partial charge in [0.2, 0.25) is 0 Å². The highest BCUT2D eigenvalue weighted by Gasteiger charge is 1.82. The molecule has 0 atom stereocenters. The summed E-state index contributed by atoms with van der Waals surface area (Å²) in [5, 5.41) is 8.28. The van der Waals surface area contributed by atoms with Gasteiger partial charge in [-0.2, -0.15) is 0 Å². The first kappa shape index (κ1) is 14.6. The minimum absolute atomic E-state index is 0.250. The number of ether oxygens (including phenoxy) is 2. The van der Waals surface area contributed by atoms with Crippen LogP contribution in [0.15, 0.2) is 25.7 Å². The molecule has 13 heavy (non-hydrogen) atoms. The molecule has 0 saturated carbocycles. The Morgan fingerprint density at radius 1 is 1.15 bits per heavy atom. The third-order valence-electron chi connectivity index (χ3n) is 1.07. The van der Waals surface area contributed by atoms with Gasteiger partial charge in [0.05, 0.1) is 25.7 Å². The van der Waals surface area contributed by atoms with Crippen molar-refractivity contribution in [3.05, 3.63) is 25.7 Å². The second kappa shape index (κ2) is 17.2. The van der Waals surface area contributed by atoms with Crippen LogP contribution < -0.4 is 0 Å². The van der Waals surface area contributed by atoms with E-state index in [-0.39, 0.29) is 6.61 Å². The van der Waals surface area contributed by atoms with Gasteiger partial charge in [0.15, 0.2) is 0 Å². The molecule has 0 aromatic carbocycles. The van der Waals surface area contributed by atoms with E-state index in [1.807, 2.05) is 6.92 Å². The van der Waals surface area contributed by atoms with Gasteiger partial charge in [-0.25, -0.2) is 0 Å². The SMILES string of the molecule is C=COCC.C=COCCCCO. The van der Waals surface area contributed by atoms with Gasteiger partial charge in [0.25, 0.3) is 0 Å². The Morgan fingerprint density at radius 2 is 1.77 bits per heavy atom. The van der Waals surface area contributed by atoms with Gasteiger partial charge in [-0.05, 0) is 19.8 Å². The zero-order valence-electron chi connectivity index (χ0n) is 8.37. The van der Waals surface area contributed by atoms with E-state index in [1.165, 1.54) is 12.5 Å². The number of rotatable bonds is 7. The zero-order chi connectivity index (χ0) is 10.4. The number of hydrogen-bond acceptors (Lipinski definition) is 3. The predicted octanol–water partition coefficient (Wildman–Crippen LogP) is 2.09. The van der Waals surface area contributed by atoms with Crippen LogP contribution in [0, 0.1) is 0 Å². The summed E-state index contributed by atoms with van der Waals surface area (Å²) >= 11 is 0. The van der Waals surface area contributed by atoms with Gasteiger partial charge in [-0.15, -0.1) is 0 Å². The van der Waals surface area contributed by atoms with Gasteiger partial charge in [-0.3, -0.25) is 0 Å². The summed E-state index contributed by atoms with van der Waals surface area (Å²) in [6.07, 6.45) is 4.56. The van der Waals surface area contributed by atoms with Crippen molar-refractivity contribution in [1.82, 2.24) is 0 Å². The Bertz CT molecular complexity index is 102. The van der Waals surface area contributed by atoms with Crippen LogP contribution in [0.1, 0.15) is 19.8 Å². The molecule has 0 aliphatic carbocycles. The van der Waals surface area contributed by atoms with Crippen molar-refractivity contribution in [2.45, 2.75) is 19.8 Å². The van der Waals surface area contributed by atoms with Crippen molar-refractivity contribution in [1.29, 1.82) is 0 Å². The molecule has 0 rings (SSSR count). The molecule has 0 saturated heterocycles. The summed E-state index contributed by atoms with van der Waals surface area (Å²) < 4.78 is 9.39. The molecule has 0 bridgehead atoms. The van der Waals surface area contributed by atoms with Crippen LogP contribution in [0.5, 0.6) is 0 Å². The molecule has 0 radical (unpaired) electrons. The maximum absolute atomic E-state index is 8.28. The van der Waals surface area contributed by atoms with Gasteiger partial charge in [0, 0.05) is 6.61 Å². The van der Waals surface area contributed by atoms with Crippen molar-refractivity contribution in [3.8, 4) is 0 Å². The summed E-state index contributed by atoms with van der Waals surface area (Å²) in [5.74, 6) is 0. The molecule has 0 spiro atoms. The second-order valence-corrected chi connectivity index (χ2v) is 2.09. The monoisotopic (exact) mass is 188 g/mol. The van der Waals surface area contributed by atoms with Gasteiger partial charge < -0.3 is 14.6 Å². The fourth-order valence-electron chi connectivity index (χ4n) is 0.498. The summed E-state index contributed by atoms with van der Waals surface area (Å²) in [7, 11) is 0. The molecular weight excluding hydrogens is 168 g/mol. The average molecular weight is 188 g/mol. The minimum Gasteiger partial charge on any atom is -0.502 e. The number of unbranched alkanes of at least 4 members (excludes halogenated alkanes) is 1. The largest absolute Gasteiger partial charge is 0.502 e. The fraction of sp³-hybridized carbons (Fsp3) is 0.600. The zero-order valence-corrected chi connectivity index (χ0v) is 8.37. The summed E-state index contributed by atoms with van der Waals surface area (Å²) in [4.78, 5) is 0. The quantitative estimate of drug-likeness (QED) is 0.491. The van der Waals surface area contributed by atoms with Crippen molar-refractivity contribution in [3.63, 3.8) is 0 Å². The molecule has 3 nitrogen and oxygen atoms in total. The highest BCUT2D eigenvalue weighted by molar-refractivity contribution is 4.48. The molecule has 0 fully saturated rings. The standard InChI is InChI=1S/C6H12O2.C4H8O/c1-2-8-6-4-3-5-7;1-3-5-4-2/h2,7H,1,3-6H2;3H,1,4H2,2H3. The van der Waals surface area contributed by atoms with E-state index >= 15 is 0 Å². The van der Waals surface area contributed by atoms with Crippen molar-refractivity contribution >= 4 is 0 Å². The van der Waals surface area contributed by atoms with Gasteiger partial charge in [-0.1, -0.05) is 13.2 Å². The van der Waals surface area contributed by atoms with Crippen LogP contribution in [0.2, 0.25) is 0 Å². The molecule has 0 amide bonds. The molecule has 0 aliphatic rings. The number of aliphatic hydroxyl groups excluding tert-OH is 1. The third kappa shape index (κ3) is 24.7. The van der Waals surface area contributed by atoms with E-state index in [4.69, 9.17) is 9.84 Å². The Morgan fingerprint density at radius 3 is 2.08 bits per heavy atom. The fourth-order valence-corrected chi connectivity index (χ4v) is 0.498. The molecule has 1 N–H and O–H groups in total. The summed E-state index contributed by atoms with van der Waals surface area (Å²) in [6, 6.07) is 0. The number of aliphatic hydroxyl groups is 1. The molecule has 0 aromatic rings. The van der Waals surface area contributed by atoms with E-state index in [9.17, 15) is 0 Å². The van der Waals surface area contributed by atoms with Crippen LogP contribution in [-0.2, 0) is 9.47 Å². The van der Waals surface area contributed by atoms with Crippen molar-refractivity contribution in [2.75, 3.05) is 19.8 Å². The lowest BCUT2D eigenvalue weighted by Gasteiger charge is -1.95.